The third kappa shape index (κ3) is 9.57. The van der Waals surface area contributed by atoms with Crippen molar-refractivity contribution in [1.29, 1.82) is 0 Å². The highest BCUT2D eigenvalue weighted by Crippen LogP contribution is 2.11. The highest BCUT2D eigenvalue weighted by Gasteiger charge is 2.33. The molecule has 11 heteroatoms. The van der Waals surface area contributed by atoms with E-state index in [2.05, 4.69) is 28.6 Å². The van der Waals surface area contributed by atoms with Crippen molar-refractivity contribution in [1.82, 2.24) is 16.0 Å². The first-order chi connectivity index (χ1) is 14.0. The molecule has 0 aromatic carbocycles. The lowest BCUT2D eigenvalue weighted by Crippen LogP contribution is -2.59. The van der Waals surface area contributed by atoms with Crippen LogP contribution in [0.5, 0.6) is 0 Å². The second-order valence-electron chi connectivity index (χ2n) is 7.57. The number of aliphatic carboxylic acids is 1. The summed E-state index contributed by atoms with van der Waals surface area (Å²) in [5.74, 6) is -2.62. The number of hydrogen-bond acceptors (Lipinski definition) is 7. The molecule has 0 aliphatic heterocycles. The van der Waals surface area contributed by atoms with E-state index >= 15 is 0 Å². The van der Waals surface area contributed by atoms with Crippen LogP contribution in [0.3, 0.4) is 0 Å². The van der Waals surface area contributed by atoms with Crippen LogP contribution in [-0.2, 0) is 19.2 Å². The molecule has 0 fully saturated rings. The molecule has 0 rings (SSSR count). The molecule has 5 atom stereocenters. The summed E-state index contributed by atoms with van der Waals surface area (Å²) in [5, 5.41) is 17.0. The Morgan fingerprint density at radius 3 is 2.00 bits per heavy atom. The van der Waals surface area contributed by atoms with Crippen molar-refractivity contribution in [2.75, 3.05) is 17.8 Å². The van der Waals surface area contributed by atoms with Crippen LogP contribution in [0.25, 0.3) is 0 Å². The molecule has 0 saturated heterocycles. The van der Waals surface area contributed by atoms with Gasteiger partial charge < -0.3 is 26.8 Å². The summed E-state index contributed by atoms with van der Waals surface area (Å²) >= 11 is 5.69. The maximum absolute atomic E-state index is 12.7. The highest BCUT2D eigenvalue weighted by atomic mass is 32.2. The summed E-state index contributed by atoms with van der Waals surface area (Å²) in [6.45, 7) is 7.00. The Hall–Kier alpha value is -1.46. The van der Waals surface area contributed by atoms with Crippen molar-refractivity contribution < 1.29 is 24.3 Å². The predicted octanol–water partition coefficient (Wildman–Crippen LogP) is 0.238. The maximum Gasteiger partial charge on any atom is 0.326 e. The van der Waals surface area contributed by atoms with Gasteiger partial charge in [-0.2, -0.15) is 24.4 Å². The quantitative estimate of drug-likeness (QED) is 0.202. The molecule has 0 aromatic heterocycles. The number of carbonyl (C=O) groups is 4. The third-order valence-electron chi connectivity index (χ3n) is 4.81. The molecule has 0 heterocycles. The molecule has 0 radical (unpaired) electrons. The molecule has 0 saturated carbocycles. The summed E-state index contributed by atoms with van der Waals surface area (Å²) in [5.41, 5.74) is 5.84. The molecule has 5 unspecified atom stereocenters. The van der Waals surface area contributed by atoms with Crippen LogP contribution in [0.2, 0.25) is 0 Å². The van der Waals surface area contributed by atoms with Gasteiger partial charge in [-0.15, -0.1) is 0 Å². The van der Waals surface area contributed by atoms with Crippen LogP contribution >= 0.6 is 24.4 Å². The Morgan fingerprint density at radius 1 is 1.00 bits per heavy atom. The number of nitrogens with one attached hydrogen (secondary N) is 3. The Labute approximate surface area is 188 Å². The molecule has 6 N–H and O–H groups in total. The van der Waals surface area contributed by atoms with Crippen LogP contribution in [0.4, 0.5) is 0 Å². The second kappa shape index (κ2) is 14.5. The average molecular weight is 465 g/mol. The molecule has 174 valence electrons. The normalized spacial score (nSPS) is 16.1. The van der Waals surface area contributed by atoms with E-state index in [0.29, 0.717) is 18.6 Å². The van der Waals surface area contributed by atoms with Crippen molar-refractivity contribution in [3.05, 3.63) is 0 Å². The zero-order chi connectivity index (χ0) is 23.4. The molecule has 0 aliphatic rings. The van der Waals surface area contributed by atoms with Crippen molar-refractivity contribution >= 4 is 48.1 Å². The molecule has 3 amide bonds. The SMILES string of the molecule is CCC(C)C(NC(=O)C(CS)NC(=O)C(N)CCSC)C(=O)NC(C(=O)O)C(C)C. The standard InChI is InChI=1S/C19H36N4O5S2/c1-6-11(4)15(18(26)22-14(10(2)3)19(27)28)23-17(25)13(9-29)21-16(24)12(20)7-8-30-5/h10-15,29H,6-9,20H2,1-5H3,(H,21,24)(H,22,26)(H,23,25)(H,27,28). The molecular formula is C19H36N4O5S2. The molecule has 0 bridgehead atoms. The zero-order valence-corrected chi connectivity index (χ0v) is 20.0. The van der Waals surface area contributed by atoms with E-state index in [4.69, 9.17) is 5.73 Å². The zero-order valence-electron chi connectivity index (χ0n) is 18.3. The maximum atomic E-state index is 12.7. The molecule has 30 heavy (non-hydrogen) atoms. The number of carboxylic acids is 1. The number of amides is 3. The van der Waals surface area contributed by atoms with E-state index in [1.807, 2.05) is 13.2 Å². The van der Waals surface area contributed by atoms with Gasteiger partial charge in [0, 0.05) is 5.75 Å². The second-order valence-corrected chi connectivity index (χ2v) is 8.92. The lowest BCUT2D eigenvalue weighted by Gasteiger charge is -2.28. The lowest BCUT2D eigenvalue weighted by atomic mass is 9.96. The van der Waals surface area contributed by atoms with E-state index in [1.54, 1.807) is 32.5 Å². The van der Waals surface area contributed by atoms with Crippen molar-refractivity contribution in [2.45, 2.75) is 64.7 Å². The van der Waals surface area contributed by atoms with Crippen molar-refractivity contribution in [2.24, 2.45) is 17.6 Å². The minimum atomic E-state index is -1.15. The van der Waals surface area contributed by atoms with Gasteiger partial charge in [0.2, 0.25) is 17.7 Å². The number of hydrogen-bond donors (Lipinski definition) is 6. The van der Waals surface area contributed by atoms with Crippen LogP contribution in [0.1, 0.15) is 40.5 Å². The lowest BCUT2D eigenvalue weighted by molar-refractivity contribution is -0.144. The fraction of sp³-hybridized carbons (Fsp3) is 0.789. The number of rotatable bonds is 14. The van der Waals surface area contributed by atoms with E-state index < -0.39 is 47.9 Å². The number of nitrogens with two attached hydrogens (primary N) is 1. The Kier molecular flexibility index (Phi) is 13.8. The van der Waals surface area contributed by atoms with Gasteiger partial charge in [0.25, 0.3) is 0 Å². The number of carboxylic acid groups (broad SMARTS) is 1. The van der Waals surface area contributed by atoms with Crippen LogP contribution in [0, 0.1) is 11.8 Å². The molecular weight excluding hydrogens is 428 g/mol. The molecule has 0 aromatic rings. The number of carbonyl (C=O) groups excluding carboxylic acids is 3. The average Bonchev–Trinajstić information content (AvgIpc) is 2.70. The molecule has 0 aliphatic carbocycles. The van der Waals surface area contributed by atoms with Gasteiger partial charge in [-0.3, -0.25) is 14.4 Å². The van der Waals surface area contributed by atoms with E-state index in [0.717, 1.165) is 0 Å². The first-order valence-electron chi connectivity index (χ1n) is 9.99. The van der Waals surface area contributed by atoms with Crippen LogP contribution < -0.4 is 21.7 Å². The van der Waals surface area contributed by atoms with Gasteiger partial charge in [-0.1, -0.05) is 34.1 Å². The minimum absolute atomic E-state index is 0.0193. The Balaban J connectivity index is 5.25. The van der Waals surface area contributed by atoms with Crippen molar-refractivity contribution in [3.8, 4) is 0 Å². The van der Waals surface area contributed by atoms with Gasteiger partial charge in [0.15, 0.2) is 0 Å². The third-order valence-corrected chi connectivity index (χ3v) is 5.82. The molecule has 9 nitrogen and oxygen atoms in total. The first-order valence-corrected chi connectivity index (χ1v) is 12.0. The van der Waals surface area contributed by atoms with E-state index in [9.17, 15) is 24.3 Å². The summed E-state index contributed by atoms with van der Waals surface area (Å²) in [6.07, 6.45) is 2.95. The summed E-state index contributed by atoms with van der Waals surface area (Å²) in [6, 6.07) is -3.74. The summed E-state index contributed by atoms with van der Waals surface area (Å²) in [4.78, 5) is 49.1. The predicted molar refractivity (Wildman–Crippen MR) is 123 cm³/mol. The largest absolute Gasteiger partial charge is 0.480 e. The first kappa shape index (κ1) is 28.5. The molecule has 0 spiro atoms. The van der Waals surface area contributed by atoms with Crippen molar-refractivity contribution in [3.63, 3.8) is 0 Å². The van der Waals surface area contributed by atoms with Gasteiger partial charge in [0.05, 0.1) is 6.04 Å². The topological polar surface area (TPSA) is 151 Å². The highest BCUT2D eigenvalue weighted by molar-refractivity contribution is 7.98. The fourth-order valence-corrected chi connectivity index (χ4v) is 3.31. The minimum Gasteiger partial charge on any atom is -0.480 e. The summed E-state index contributed by atoms with van der Waals surface area (Å²) < 4.78 is 0. The number of thioether (sulfide) groups is 1. The number of thiol groups is 1. The fourth-order valence-electron chi connectivity index (χ4n) is 2.56. The van der Waals surface area contributed by atoms with Crippen LogP contribution in [-0.4, -0.2) is 70.7 Å². The Bertz CT molecular complexity index is 591. The van der Waals surface area contributed by atoms with Gasteiger partial charge >= 0.3 is 5.97 Å². The Morgan fingerprint density at radius 2 is 1.57 bits per heavy atom. The van der Waals surface area contributed by atoms with E-state index in [-0.39, 0.29) is 17.6 Å². The van der Waals surface area contributed by atoms with Gasteiger partial charge in [-0.25, -0.2) is 4.79 Å². The smallest absolute Gasteiger partial charge is 0.326 e. The summed E-state index contributed by atoms with van der Waals surface area (Å²) in [7, 11) is 0. The van der Waals surface area contributed by atoms with Gasteiger partial charge in [0.1, 0.15) is 18.1 Å². The van der Waals surface area contributed by atoms with E-state index in [1.165, 1.54) is 0 Å². The van der Waals surface area contributed by atoms with Crippen LogP contribution in [0.15, 0.2) is 0 Å². The monoisotopic (exact) mass is 464 g/mol. The van der Waals surface area contributed by atoms with Gasteiger partial charge in [-0.05, 0) is 30.3 Å².